The van der Waals surface area contributed by atoms with Gasteiger partial charge in [-0.3, -0.25) is 0 Å². The lowest BCUT2D eigenvalue weighted by Gasteiger charge is -2.50. The summed E-state index contributed by atoms with van der Waals surface area (Å²) in [5, 5.41) is 4.12. The summed E-state index contributed by atoms with van der Waals surface area (Å²) in [5.41, 5.74) is 1.64. The minimum Gasteiger partial charge on any atom is -0.423 e. The maximum Gasteiger partial charge on any atom is 0.298 e. The summed E-state index contributed by atoms with van der Waals surface area (Å²) in [6.45, 7) is 3.23. The molecule has 2 aliphatic heterocycles. The molecule has 0 radical (unpaired) electrons. The van der Waals surface area contributed by atoms with E-state index < -0.39 is 0 Å². The zero-order valence-corrected chi connectivity index (χ0v) is 10.7. The number of hydrogen-bond acceptors (Lipinski definition) is 4. The van der Waals surface area contributed by atoms with Crippen molar-refractivity contribution in [1.29, 1.82) is 0 Å². The summed E-state index contributed by atoms with van der Waals surface area (Å²) in [4.78, 5) is 6.79. The minimum absolute atomic E-state index is 0.544. The van der Waals surface area contributed by atoms with Gasteiger partial charge in [-0.15, -0.1) is 0 Å². The van der Waals surface area contributed by atoms with Crippen LogP contribution in [-0.2, 0) is 0 Å². The van der Waals surface area contributed by atoms with E-state index in [-0.39, 0.29) is 0 Å². The molecule has 1 aromatic heterocycles. The van der Waals surface area contributed by atoms with Gasteiger partial charge in [0.2, 0.25) is 0 Å². The van der Waals surface area contributed by atoms with Crippen LogP contribution in [0.25, 0.3) is 11.1 Å². The normalized spacial score (nSPS) is 27.1. The number of hydrogen-bond donors (Lipinski definition) is 1. The van der Waals surface area contributed by atoms with Crippen molar-refractivity contribution in [2.45, 2.75) is 12.5 Å². The van der Waals surface area contributed by atoms with Gasteiger partial charge in [-0.05, 0) is 37.1 Å². The molecule has 2 atom stereocenters. The molecule has 5 heteroatoms. The van der Waals surface area contributed by atoms with Crippen LogP contribution in [0.3, 0.4) is 0 Å². The molecule has 1 N–H and O–H groups in total. The van der Waals surface area contributed by atoms with Crippen LogP contribution in [0.2, 0.25) is 5.02 Å². The Hall–Kier alpha value is -1.26. The Labute approximate surface area is 110 Å². The highest BCUT2D eigenvalue weighted by atomic mass is 35.5. The van der Waals surface area contributed by atoms with E-state index in [9.17, 15) is 0 Å². The monoisotopic (exact) mass is 263 g/mol. The van der Waals surface area contributed by atoms with Crippen molar-refractivity contribution in [2.24, 2.45) is 5.92 Å². The molecule has 18 heavy (non-hydrogen) atoms. The molecule has 0 aliphatic carbocycles. The third kappa shape index (κ3) is 1.52. The second kappa shape index (κ2) is 3.87. The number of anilines is 1. The molecule has 0 spiro atoms. The fraction of sp³-hybridized carbons (Fsp3) is 0.462. The lowest BCUT2D eigenvalue weighted by atomic mass is 9.83. The number of rotatable bonds is 1. The molecule has 0 unspecified atom stereocenters. The predicted octanol–water partition coefficient (Wildman–Crippen LogP) is 2.28. The molecule has 2 aliphatic rings. The number of fused-ring (bicyclic) bond motifs is 2. The Bertz CT molecular complexity index is 597. The highest BCUT2D eigenvalue weighted by Gasteiger charge is 2.42. The summed E-state index contributed by atoms with van der Waals surface area (Å²) in [6, 6.07) is 6.84. The number of nitrogens with one attached hydrogen (secondary N) is 1. The number of halogens is 1. The molecule has 4 rings (SSSR count). The fourth-order valence-corrected chi connectivity index (χ4v) is 3.12. The van der Waals surface area contributed by atoms with E-state index in [2.05, 4.69) is 15.2 Å². The average Bonchev–Trinajstić information content (AvgIpc) is 2.73. The smallest absolute Gasteiger partial charge is 0.298 e. The third-order valence-electron chi connectivity index (χ3n) is 4.01. The molecular weight excluding hydrogens is 250 g/mol. The van der Waals surface area contributed by atoms with Gasteiger partial charge in [-0.25, -0.2) is 0 Å². The van der Waals surface area contributed by atoms with Crippen LogP contribution in [0.1, 0.15) is 6.42 Å². The minimum atomic E-state index is 0.544. The summed E-state index contributed by atoms with van der Waals surface area (Å²) in [5.74, 6) is 0.796. The van der Waals surface area contributed by atoms with Gasteiger partial charge in [-0.2, -0.15) is 4.98 Å². The fourth-order valence-electron chi connectivity index (χ4n) is 2.96. The van der Waals surface area contributed by atoms with E-state index in [1.165, 1.54) is 6.42 Å². The molecule has 1 aromatic carbocycles. The van der Waals surface area contributed by atoms with Gasteiger partial charge in [-0.1, -0.05) is 11.6 Å². The Morgan fingerprint density at radius 1 is 1.44 bits per heavy atom. The second-order valence-electron chi connectivity index (χ2n) is 5.08. The second-order valence-corrected chi connectivity index (χ2v) is 5.52. The molecule has 0 amide bonds. The zero-order chi connectivity index (χ0) is 12.1. The first-order chi connectivity index (χ1) is 8.81. The Balaban J connectivity index is 1.67. The maximum absolute atomic E-state index is 5.96. The molecular formula is C13H14ClN3O. The van der Waals surface area contributed by atoms with Crippen molar-refractivity contribution in [3.05, 3.63) is 23.2 Å². The van der Waals surface area contributed by atoms with Gasteiger partial charge in [0.25, 0.3) is 6.01 Å². The van der Waals surface area contributed by atoms with Crippen molar-refractivity contribution in [3.63, 3.8) is 0 Å². The third-order valence-corrected chi connectivity index (χ3v) is 4.24. The molecule has 3 heterocycles. The van der Waals surface area contributed by atoms with Crippen molar-refractivity contribution in [2.75, 3.05) is 24.5 Å². The van der Waals surface area contributed by atoms with Gasteiger partial charge in [0.15, 0.2) is 5.58 Å². The molecule has 0 saturated carbocycles. The molecule has 2 fully saturated rings. The predicted molar refractivity (Wildman–Crippen MR) is 71.1 cm³/mol. The van der Waals surface area contributed by atoms with Gasteiger partial charge in [0, 0.05) is 18.1 Å². The highest BCUT2D eigenvalue weighted by Crippen LogP contribution is 2.35. The highest BCUT2D eigenvalue weighted by molar-refractivity contribution is 6.31. The van der Waals surface area contributed by atoms with Crippen LogP contribution in [0.4, 0.5) is 6.01 Å². The first kappa shape index (κ1) is 10.6. The van der Waals surface area contributed by atoms with Crippen molar-refractivity contribution < 1.29 is 4.42 Å². The number of piperidine rings is 1. The van der Waals surface area contributed by atoms with E-state index in [1.54, 1.807) is 0 Å². The van der Waals surface area contributed by atoms with Crippen LogP contribution in [-0.4, -0.2) is 30.7 Å². The number of benzene rings is 1. The van der Waals surface area contributed by atoms with Crippen LogP contribution in [0.15, 0.2) is 22.6 Å². The SMILES string of the molecule is Clc1ccc2oc(N3C[C@H]4CCNC[C@@H]43)nc2c1. The van der Waals surface area contributed by atoms with Gasteiger partial charge < -0.3 is 14.6 Å². The van der Waals surface area contributed by atoms with Gasteiger partial charge >= 0.3 is 0 Å². The van der Waals surface area contributed by atoms with Crippen LogP contribution >= 0.6 is 11.6 Å². The first-order valence-electron chi connectivity index (χ1n) is 6.35. The topological polar surface area (TPSA) is 41.3 Å². The quantitative estimate of drug-likeness (QED) is 0.857. The molecule has 2 aromatic rings. The number of aromatic nitrogens is 1. The van der Waals surface area contributed by atoms with Gasteiger partial charge in [0.05, 0.1) is 6.04 Å². The van der Waals surface area contributed by atoms with E-state index in [0.717, 1.165) is 42.7 Å². The molecule has 0 bridgehead atoms. The molecule has 94 valence electrons. The maximum atomic E-state index is 5.96. The summed E-state index contributed by atoms with van der Waals surface area (Å²) < 4.78 is 5.80. The van der Waals surface area contributed by atoms with Crippen LogP contribution in [0, 0.1) is 5.92 Å². The average molecular weight is 264 g/mol. The largest absolute Gasteiger partial charge is 0.423 e. The molecule has 2 saturated heterocycles. The van der Waals surface area contributed by atoms with Crippen molar-refractivity contribution in [3.8, 4) is 0 Å². The summed E-state index contributed by atoms with van der Waals surface area (Å²) in [7, 11) is 0. The lowest BCUT2D eigenvalue weighted by Crippen LogP contribution is -2.63. The van der Waals surface area contributed by atoms with E-state index >= 15 is 0 Å². The van der Waals surface area contributed by atoms with Crippen molar-refractivity contribution in [1.82, 2.24) is 10.3 Å². The van der Waals surface area contributed by atoms with Crippen molar-refractivity contribution >= 4 is 28.7 Å². The van der Waals surface area contributed by atoms with E-state index in [4.69, 9.17) is 16.0 Å². The number of nitrogens with zero attached hydrogens (tertiary/aromatic N) is 2. The van der Waals surface area contributed by atoms with Crippen LogP contribution in [0.5, 0.6) is 0 Å². The number of oxazole rings is 1. The molecule has 4 nitrogen and oxygen atoms in total. The Morgan fingerprint density at radius 2 is 2.39 bits per heavy atom. The Morgan fingerprint density at radius 3 is 3.28 bits per heavy atom. The van der Waals surface area contributed by atoms with Crippen LogP contribution < -0.4 is 10.2 Å². The first-order valence-corrected chi connectivity index (χ1v) is 6.72. The summed E-state index contributed by atoms with van der Waals surface area (Å²) in [6.07, 6.45) is 1.26. The zero-order valence-electron chi connectivity index (χ0n) is 9.90. The lowest BCUT2D eigenvalue weighted by molar-refractivity contribution is 0.217. The van der Waals surface area contributed by atoms with E-state index in [0.29, 0.717) is 11.1 Å². The van der Waals surface area contributed by atoms with Gasteiger partial charge in [0.1, 0.15) is 5.52 Å². The standard InChI is InChI=1S/C13H14ClN3O/c14-9-1-2-12-10(5-9)16-13(18-12)17-7-8-3-4-15-6-11(8)17/h1-2,5,8,11,15H,3-4,6-7H2/t8-,11+/m1/s1. The van der Waals surface area contributed by atoms with E-state index in [1.807, 2.05) is 18.2 Å². The Kier molecular flexibility index (Phi) is 2.29. The summed E-state index contributed by atoms with van der Waals surface area (Å²) >= 11 is 5.96.